The molecule has 2 rings (SSSR count). The number of hydrogen-bond acceptors (Lipinski definition) is 2. The van der Waals surface area contributed by atoms with E-state index < -0.39 is 29.5 Å². The molecule has 0 bridgehead atoms. The van der Waals surface area contributed by atoms with Gasteiger partial charge in [-0.2, -0.15) is 0 Å². The van der Waals surface area contributed by atoms with E-state index in [4.69, 9.17) is 0 Å². The van der Waals surface area contributed by atoms with Gasteiger partial charge >= 0.3 is 0 Å². The summed E-state index contributed by atoms with van der Waals surface area (Å²) in [7, 11) is 0. The van der Waals surface area contributed by atoms with Gasteiger partial charge in [0.2, 0.25) is 0 Å². The van der Waals surface area contributed by atoms with Crippen molar-refractivity contribution in [1.82, 2.24) is 5.32 Å². The predicted molar refractivity (Wildman–Crippen MR) is 74.4 cm³/mol. The zero-order chi connectivity index (χ0) is 16.1. The van der Waals surface area contributed by atoms with E-state index in [0.717, 1.165) is 12.1 Å². The van der Waals surface area contributed by atoms with Crippen LogP contribution >= 0.6 is 0 Å². The summed E-state index contributed by atoms with van der Waals surface area (Å²) in [4.78, 5) is 11.8. The second-order valence-corrected chi connectivity index (χ2v) is 4.73. The molecule has 0 unspecified atom stereocenters. The second-order valence-electron chi connectivity index (χ2n) is 4.73. The van der Waals surface area contributed by atoms with Crippen LogP contribution in [0, 0.1) is 17.5 Å². The monoisotopic (exact) mass is 309 g/mol. The number of amides is 1. The summed E-state index contributed by atoms with van der Waals surface area (Å²) in [6.07, 6.45) is -1.20. The molecule has 1 atom stereocenters. The average molecular weight is 309 g/mol. The van der Waals surface area contributed by atoms with Crippen LogP contribution in [0.3, 0.4) is 0 Å². The molecule has 0 fully saturated rings. The van der Waals surface area contributed by atoms with Crippen LogP contribution in [-0.4, -0.2) is 17.6 Å². The highest BCUT2D eigenvalue weighted by molar-refractivity contribution is 5.81. The van der Waals surface area contributed by atoms with Gasteiger partial charge < -0.3 is 10.4 Å². The van der Waals surface area contributed by atoms with Gasteiger partial charge in [0.15, 0.2) is 23.6 Å². The Kier molecular flexibility index (Phi) is 5.16. The van der Waals surface area contributed by atoms with Gasteiger partial charge in [0, 0.05) is 6.54 Å². The van der Waals surface area contributed by atoms with Crippen LogP contribution in [0.1, 0.15) is 17.2 Å². The smallest absolute Gasteiger partial charge is 0.253 e. The molecule has 0 saturated carbocycles. The Morgan fingerprint density at radius 1 is 1.09 bits per heavy atom. The van der Waals surface area contributed by atoms with Gasteiger partial charge in [-0.05, 0) is 29.7 Å². The highest BCUT2D eigenvalue weighted by Gasteiger charge is 2.16. The quantitative estimate of drug-likeness (QED) is 0.834. The van der Waals surface area contributed by atoms with Crippen LogP contribution in [-0.2, 0) is 11.2 Å². The Morgan fingerprint density at radius 3 is 2.27 bits per heavy atom. The van der Waals surface area contributed by atoms with E-state index in [-0.39, 0.29) is 18.5 Å². The first-order chi connectivity index (χ1) is 10.5. The maximum absolute atomic E-state index is 13.0. The highest BCUT2D eigenvalue weighted by Crippen LogP contribution is 2.14. The van der Waals surface area contributed by atoms with Gasteiger partial charge in [-0.25, -0.2) is 13.2 Å². The van der Waals surface area contributed by atoms with Crippen LogP contribution in [0.2, 0.25) is 0 Å². The van der Waals surface area contributed by atoms with Gasteiger partial charge in [-0.1, -0.05) is 30.3 Å². The molecule has 0 radical (unpaired) electrons. The molecule has 3 nitrogen and oxygen atoms in total. The Bertz CT molecular complexity index is 639. The van der Waals surface area contributed by atoms with Crippen molar-refractivity contribution in [2.24, 2.45) is 0 Å². The van der Waals surface area contributed by atoms with Crippen molar-refractivity contribution in [3.63, 3.8) is 0 Å². The van der Waals surface area contributed by atoms with Gasteiger partial charge in [-0.15, -0.1) is 0 Å². The lowest BCUT2D eigenvalue weighted by molar-refractivity contribution is -0.129. The minimum atomic E-state index is -1.52. The van der Waals surface area contributed by atoms with Gasteiger partial charge in [0.05, 0.1) is 0 Å². The SMILES string of the molecule is O=C(NCCc1cc(F)c(F)c(F)c1)[C@@H](O)c1ccccc1. The minimum absolute atomic E-state index is 0.0627. The van der Waals surface area contributed by atoms with E-state index in [9.17, 15) is 23.1 Å². The fourth-order valence-electron chi connectivity index (χ4n) is 1.97. The van der Waals surface area contributed by atoms with E-state index in [1.54, 1.807) is 30.3 Å². The Morgan fingerprint density at radius 2 is 1.68 bits per heavy atom. The third kappa shape index (κ3) is 3.85. The standard InChI is InChI=1S/C16H14F3NO2/c17-12-8-10(9-13(18)14(12)19)6-7-20-16(22)15(21)11-4-2-1-3-5-11/h1-5,8-9,15,21H,6-7H2,(H,20,22)/t15-/m0/s1. The molecule has 6 heteroatoms. The van der Waals surface area contributed by atoms with Crippen molar-refractivity contribution >= 4 is 5.91 Å². The van der Waals surface area contributed by atoms with Crippen molar-refractivity contribution in [2.75, 3.05) is 6.54 Å². The van der Waals surface area contributed by atoms with Crippen molar-refractivity contribution in [3.05, 3.63) is 71.0 Å². The first kappa shape index (κ1) is 16.0. The summed E-state index contributed by atoms with van der Waals surface area (Å²) in [5, 5.41) is 12.3. The van der Waals surface area contributed by atoms with E-state index >= 15 is 0 Å². The van der Waals surface area contributed by atoms with Crippen LogP contribution in [0.4, 0.5) is 13.2 Å². The van der Waals surface area contributed by atoms with Crippen LogP contribution in [0.15, 0.2) is 42.5 Å². The molecule has 2 N–H and O–H groups in total. The Labute approximate surface area is 125 Å². The molecule has 0 aliphatic carbocycles. The summed E-state index contributed by atoms with van der Waals surface area (Å²) in [5.74, 6) is -4.68. The molecule has 2 aromatic rings. The summed E-state index contributed by atoms with van der Waals surface area (Å²) in [6, 6.07) is 10.1. The molecule has 0 aliphatic rings. The van der Waals surface area contributed by atoms with Crippen LogP contribution in [0.25, 0.3) is 0 Å². The number of benzene rings is 2. The number of hydrogen-bond donors (Lipinski definition) is 2. The molecule has 116 valence electrons. The van der Waals surface area contributed by atoms with E-state index in [2.05, 4.69) is 5.32 Å². The molecule has 0 spiro atoms. The van der Waals surface area contributed by atoms with Crippen molar-refractivity contribution < 1.29 is 23.1 Å². The lowest BCUT2D eigenvalue weighted by atomic mass is 10.1. The molecule has 0 aliphatic heterocycles. The van der Waals surface area contributed by atoms with E-state index in [1.807, 2.05) is 0 Å². The maximum atomic E-state index is 13.0. The fourth-order valence-corrected chi connectivity index (χ4v) is 1.97. The number of halogens is 3. The lowest BCUT2D eigenvalue weighted by Gasteiger charge is -2.11. The third-order valence-electron chi connectivity index (χ3n) is 3.12. The number of carbonyl (C=O) groups is 1. The normalized spacial score (nSPS) is 12.0. The van der Waals surface area contributed by atoms with Crippen LogP contribution in [0.5, 0.6) is 0 Å². The predicted octanol–water partition coefficient (Wildman–Crippen LogP) is 2.50. The summed E-state index contributed by atoms with van der Waals surface area (Å²) >= 11 is 0. The van der Waals surface area contributed by atoms with E-state index in [0.29, 0.717) is 5.56 Å². The molecule has 2 aromatic carbocycles. The zero-order valence-electron chi connectivity index (χ0n) is 11.5. The van der Waals surface area contributed by atoms with Crippen molar-refractivity contribution in [1.29, 1.82) is 0 Å². The minimum Gasteiger partial charge on any atom is -0.378 e. The van der Waals surface area contributed by atoms with Crippen molar-refractivity contribution in [2.45, 2.75) is 12.5 Å². The van der Waals surface area contributed by atoms with Gasteiger partial charge in [-0.3, -0.25) is 4.79 Å². The molecular formula is C16H14F3NO2. The molecule has 22 heavy (non-hydrogen) atoms. The Balaban J connectivity index is 1.90. The summed E-state index contributed by atoms with van der Waals surface area (Å²) in [5.41, 5.74) is 0.657. The van der Waals surface area contributed by atoms with Crippen LogP contribution < -0.4 is 5.32 Å². The second kappa shape index (κ2) is 7.09. The lowest BCUT2D eigenvalue weighted by Crippen LogP contribution is -2.31. The summed E-state index contributed by atoms with van der Waals surface area (Å²) in [6.45, 7) is 0.0627. The highest BCUT2D eigenvalue weighted by atomic mass is 19.2. The number of nitrogens with one attached hydrogen (secondary N) is 1. The average Bonchev–Trinajstić information content (AvgIpc) is 2.52. The summed E-state index contributed by atoms with van der Waals surface area (Å²) < 4.78 is 38.9. The maximum Gasteiger partial charge on any atom is 0.253 e. The van der Waals surface area contributed by atoms with Gasteiger partial charge in [0.1, 0.15) is 0 Å². The zero-order valence-corrected chi connectivity index (χ0v) is 11.5. The first-order valence-electron chi connectivity index (χ1n) is 6.63. The topological polar surface area (TPSA) is 49.3 Å². The first-order valence-corrected chi connectivity index (χ1v) is 6.63. The van der Waals surface area contributed by atoms with Crippen molar-refractivity contribution in [3.8, 4) is 0 Å². The third-order valence-corrected chi connectivity index (χ3v) is 3.12. The molecule has 0 aromatic heterocycles. The molecule has 1 amide bonds. The molecule has 0 heterocycles. The molecular weight excluding hydrogens is 295 g/mol. The molecule has 0 saturated heterocycles. The number of aliphatic hydroxyl groups is 1. The largest absolute Gasteiger partial charge is 0.378 e. The van der Waals surface area contributed by atoms with Gasteiger partial charge in [0.25, 0.3) is 5.91 Å². The number of rotatable bonds is 5. The fraction of sp³-hybridized carbons (Fsp3) is 0.188. The Hall–Kier alpha value is -2.34. The number of carbonyl (C=O) groups excluding carboxylic acids is 1. The number of aliphatic hydroxyl groups excluding tert-OH is 1. The van der Waals surface area contributed by atoms with E-state index in [1.165, 1.54) is 0 Å².